The lowest BCUT2D eigenvalue weighted by Gasteiger charge is -2.19. The van der Waals surface area contributed by atoms with Gasteiger partial charge in [-0.05, 0) is 12.1 Å². The third kappa shape index (κ3) is 2.67. The Morgan fingerprint density at radius 3 is 2.45 bits per heavy atom. The molecule has 20 heavy (non-hydrogen) atoms. The molecule has 0 radical (unpaired) electrons. The first kappa shape index (κ1) is 14.9. The lowest BCUT2D eigenvalue weighted by molar-refractivity contribution is 0.0986. The molecule has 6 heteroatoms. The zero-order valence-corrected chi connectivity index (χ0v) is 12.9. The van der Waals surface area contributed by atoms with Gasteiger partial charge in [-0.15, -0.1) is 0 Å². The lowest BCUT2D eigenvalue weighted by atomic mass is 10.1. The molecule has 106 valence electrons. The summed E-state index contributed by atoms with van der Waals surface area (Å²) in [5, 5.41) is 0.811. The highest BCUT2D eigenvalue weighted by Crippen LogP contribution is 2.34. The quantitative estimate of drug-likeness (QED) is 0.844. The molecule has 2 rings (SSSR count). The predicted octanol–water partition coefficient (Wildman–Crippen LogP) is 4.38. The van der Waals surface area contributed by atoms with E-state index < -0.39 is 0 Å². The summed E-state index contributed by atoms with van der Waals surface area (Å²) < 4.78 is 5.27. The third-order valence-corrected chi connectivity index (χ3v) is 3.51. The Kier molecular flexibility index (Phi) is 4.35. The van der Waals surface area contributed by atoms with Crippen molar-refractivity contribution in [3.05, 3.63) is 46.1 Å². The summed E-state index contributed by atoms with van der Waals surface area (Å²) in [5.74, 6) is 0.300. The summed E-state index contributed by atoms with van der Waals surface area (Å²) in [6.45, 7) is 3.86. The minimum Gasteiger partial charge on any atom is -0.447 e. The average molecular weight is 313 g/mol. The van der Waals surface area contributed by atoms with E-state index in [0.29, 0.717) is 21.5 Å². The van der Waals surface area contributed by atoms with Gasteiger partial charge in [-0.25, -0.2) is 4.98 Å². The van der Waals surface area contributed by atoms with E-state index in [2.05, 4.69) is 4.98 Å². The number of amides is 1. The van der Waals surface area contributed by atoms with Crippen molar-refractivity contribution in [3.8, 4) is 0 Å². The molecular formula is C14H14Cl2N2O2. The highest BCUT2D eigenvalue weighted by molar-refractivity contribution is 6.40. The molecule has 0 N–H and O–H groups in total. The molecule has 0 aliphatic heterocycles. The monoisotopic (exact) mass is 312 g/mol. The van der Waals surface area contributed by atoms with Crippen molar-refractivity contribution in [3.63, 3.8) is 0 Å². The van der Waals surface area contributed by atoms with Crippen LogP contribution in [0, 0.1) is 0 Å². The molecule has 0 spiro atoms. The largest absolute Gasteiger partial charge is 0.447 e. The van der Waals surface area contributed by atoms with Crippen LogP contribution in [-0.4, -0.2) is 17.9 Å². The number of rotatable bonds is 3. The number of hydrogen-bond donors (Lipinski definition) is 0. The van der Waals surface area contributed by atoms with Gasteiger partial charge in [0.25, 0.3) is 5.91 Å². The number of para-hydroxylation sites is 1. The van der Waals surface area contributed by atoms with Crippen molar-refractivity contribution in [2.24, 2.45) is 0 Å². The fraction of sp³-hybridized carbons (Fsp3) is 0.286. The zero-order valence-electron chi connectivity index (χ0n) is 11.4. The van der Waals surface area contributed by atoms with Crippen LogP contribution in [-0.2, 0) is 0 Å². The normalized spacial score (nSPS) is 10.9. The van der Waals surface area contributed by atoms with Gasteiger partial charge in [0, 0.05) is 13.0 Å². The van der Waals surface area contributed by atoms with Crippen LogP contribution in [0.3, 0.4) is 0 Å². The van der Waals surface area contributed by atoms with Crippen LogP contribution in [0.15, 0.2) is 29.0 Å². The van der Waals surface area contributed by atoms with Crippen molar-refractivity contribution in [1.82, 2.24) is 4.98 Å². The highest BCUT2D eigenvalue weighted by Gasteiger charge is 2.25. The number of anilines is 1. The molecule has 1 heterocycles. The predicted molar refractivity (Wildman–Crippen MR) is 79.8 cm³/mol. The van der Waals surface area contributed by atoms with Gasteiger partial charge in [0.2, 0.25) is 0 Å². The maximum absolute atomic E-state index is 12.5. The number of benzene rings is 1. The number of nitrogens with zero attached hydrogens (tertiary/aromatic N) is 2. The number of carbonyl (C=O) groups is 1. The van der Waals surface area contributed by atoms with Crippen molar-refractivity contribution in [2.75, 3.05) is 11.9 Å². The molecular weight excluding hydrogens is 299 g/mol. The van der Waals surface area contributed by atoms with Crippen LogP contribution in [0.5, 0.6) is 0 Å². The standard InChI is InChI=1S/C14H14Cl2N2O2/c1-8(2)13-11(17-7-20-13)14(19)18(3)12-9(15)5-4-6-10(12)16/h4-8H,1-3H3. The van der Waals surface area contributed by atoms with Crippen LogP contribution in [0.1, 0.15) is 36.0 Å². The van der Waals surface area contributed by atoms with Crippen LogP contribution in [0.2, 0.25) is 10.0 Å². The van der Waals surface area contributed by atoms with E-state index in [1.165, 1.54) is 11.3 Å². The molecule has 0 bridgehead atoms. The SMILES string of the molecule is CC(C)c1ocnc1C(=O)N(C)c1c(Cl)cccc1Cl. The van der Waals surface area contributed by atoms with Gasteiger partial charge in [-0.2, -0.15) is 0 Å². The van der Waals surface area contributed by atoms with Crippen molar-refractivity contribution in [1.29, 1.82) is 0 Å². The van der Waals surface area contributed by atoms with Gasteiger partial charge in [-0.1, -0.05) is 43.1 Å². The molecule has 1 aromatic heterocycles. The molecule has 2 aromatic rings. The molecule has 0 saturated heterocycles. The maximum Gasteiger partial charge on any atom is 0.280 e. The number of hydrogen-bond acceptors (Lipinski definition) is 3. The van der Waals surface area contributed by atoms with Crippen molar-refractivity contribution >= 4 is 34.8 Å². The van der Waals surface area contributed by atoms with Crippen LogP contribution < -0.4 is 4.90 Å². The van der Waals surface area contributed by atoms with Crippen LogP contribution in [0.25, 0.3) is 0 Å². The topological polar surface area (TPSA) is 46.3 Å². The van der Waals surface area contributed by atoms with Gasteiger partial charge in [0.05, 0.1) is 15.7 Å². The van der Waals surface area contributed by atoms with Crippen molar-refractivity contribution in [2.45, 2.75) is 19.8 Å². The highest BCUT2D eigenvalue weighted by atomic mass is 35.5. The Morgan fingerprint density at radius 1 is 1.30 bits per heavy atom. The molecule has 0 fully saturated rings. The van der Waals surface area contributed by atoms with Gasteiger partial charge in [0.15, 0.2) is 12.1 Å². The Balaban J connectivity index is 2.41. The van der Waals surface area contributed by atoms with E-state index in [4.69, 9.17) is 27.6 Å². The summed E-state index contributed by atoms with van der Waals surface area (Å²) in [6.07, 6.45) is 1.27. The number of halogens is 2. The Labute approximate surface area is 127 Å². The first-order valence-corrected chi connectivity index (χ1v) is 6.84. The maximum atomic E-state index is 12.5. The minimum atomic E-state index is -0.308. The number of oxazole rings is 1. The molecule has 1 amide bonds. The summed E-state index contributed by atoms with van der Waals surface area (Å²) >= 11 is 12.2. The van der Waals surface area contributed by atoms with Gasteiger partial charge < -0.3 is 9.32 Å². The number of carbonyl (C=O) groups excluding carboxylic acids is 1. The fourth-order valence-corrected chi connectivity index (χ4v) is 2.55. The van der Waals surface area contributed by atoms with E-state index in [1.807, 2.05) is 13.8 Å². The van der Waals surface area contributed by atoms with Gasteiger partial charge in [0.1, 0.15) is 5.76 Å². The van der Waals surface area contributed by atoms with Gasteiger partial charge >= 0.3 is 0 Å². The lowest BCUT2D eigenvalue weighted by Crippen LogP contribution is -2.28. The van der Waals surface area contributed by atoms with Gasteiger partial charge in [-0.3, -0.25) is 4.79 Å². The molecule has 0 unspecified atom stereocenters. The average Bonchev–Trinajstić information content (AvgIpc) is 2.86. The zero-order chi connectivity index (χ0) is 14.9. The smallest absolute Gasteiger partial charge is 0.280 e. The molecule has 1 aromatic carbocycles. The first-order valence-electron chi connectivity index (χ1n) is 6.09. The summed E-state index contributed by atoms with van der Waals surface area (Å²) in [7, 11) is 1.61. The summed E-state index contributed by atoms with van der Waals surface area (Å²) in [6, 6.07) is 5.08. The molecule has 0 aliphatic carbocycles. The second-order valence-electron chi connectivity index (χ2n) is 4.65. The second kappa shape index (κ2) is 5.85. The Hall–Kier alpha value is -1.52. The van der Waals surface area contributed by atoms with E-state index in [9.17, 15) is 4.79 Å². The van der Waals surface area contributed by atoms with E-state index in [0.717, 1.165) is 0 Å². The van der Waals surface area contributed by atoms with Crippen molar-refractivity contribution < 1.29 is 9.21 Å². The van der Waals surface area contributed by atoms with Crippen LogP contribution in [0.4, 0.5) is 5.69 Å². The summed E-state index contributed by atoms with van der Waals surface area (Å²) in [4.78, 5) is 17.9. The Morgan fingerprint density at radius 2 is 1.90 bits per heavy atom. The number of aromatic nitrogens is 1. The minimum absolute atomic E-state index is 0.0616. The molecule has 0 saturated carbocycles. The van der Waals surface area contributed by atoms with E-state index in [-0.39, 0.29) is 17.5 Å². The molecule has 0 aliphatic rings. The fourth-order valence-electron chi connectivity index (χ4n) is 1.90. The summed E-state index contributed by atoms with van der Waals surface area (Å²) in [5.41, 5.74) is 0.733. The first-order chi connectivity index (χ1) is 9.43. The van der Waals surface area contributed by atoms with E-state index in [1.54, 1.807) is 25.2 Å². The second-order valence-corrected chi connectivity index (χ2v) is 5.47. The Bertz CT molecular complexity index is 618. The third-order valence-electron chi connectivity index (χ3n) is 2.90. The van der Waals surface area contributed by atoms with E-state index >= 15 is 0 Å². The molecule has 4 nitrogen and oxygen atoms in total. The van der Waals surface area contributed by atoms with Crippen LogP contribution >= 0.6 is 23.2 Å². The molecule has 0 atom stereocenters.